The van der Waals surface area contributed by atoms with Crippen molar-refractivity contribution in [2.24, 2.45) is 0 Å². The molecule has 0 aliphatic heterocycles. The van der Waals surface area contributed by atoms with Crippen molar-refractivity contribution in [3.8, 4) is 0 Å². The van der Waals surface area contributed by atoms with Crippen molar-refractivity contribution in [2.75, 3.05) is 0 Å². The van der Waals surface area contributed by atoms with E-state index in [4.69, 9.17) is 12.2 Å². The average Bonchev–Trinajstić information content (AvgIpc) is 2.94. The number of nitrogens with zero attached hydrogens (tertiary/aromatic N) is 3. The Morgan fingerprint density at radius 1 is 1.44 bits per heavy atom. The number of aryl methyl sites for hydroxylation is 3. The molecule has 6 heteroatoms. The third-order valence-electron chi connectivity index (χ3n) is 2.79. The van der Waals surface area contributed by atoms with Gasteiger partial charge in [0.1, 0.15) is 0 Å². The number of aromatic nitrogens is 4. The lowest BCUT2D eigenvalue weighted by Gasteiger charge is -2.02. The zero-order chi connectivity index (χ0) is 12.5. The summed E-state index contributed by atoms with van der Waals surface area (Å²) >= 11 is 7.01. The highest BCUT2D eigenvalue weighted by atomic mass is 32.1. The van der Waals surface area contributed by atoms with Crippen LogP contribution in [0, 0.1) is 11.7 Å². The maximum Gasteiger partial charge on any atom is 0.179 e. The Labute approximate surface area is 113 Å². The second kappa shape index (κ2) is 4.62. The van der Waals surface area contributed by atoms with E-state index in [1.54, 1.807) is 11.3 Å². The maximum atomic E-state index is 5.34. The van der Waals surface area contributed by atoms with Gasteiger partial charge in [0.25, 0.3) is 0 Å². The number of imidazole rings is 1. The minimum absolute atomic E-state index is 0.722. The molecule has 0 aliphatic rings. The van der Waals surface area contributed by atoms with Crippen molar-refractivity contribution in [1.29, 1.82) is 0 Å². The first kappa shape index (κ1) is 11.6. The number of rotatable bonds is 3. The highest BCUT2D eigenvalue weighted by Crippen LogP contribution is 2.14. The second-order valence-corrected chi connectivity index (χ2v) is 5.45. The fraction of sp³-hybridized carbons (Fsp3) is 0.250. The Morgan fingerprint density at radius 2 is 2.33 bits per heavy atom. The first-order valence-corrected chi connectivity index (χ1v) is 6.97. The molecule has 0 saturated carbocycles. The van der Waals surface area contributed by atoms with Crippen molar-refractivity contribution < 1.29 is 0 Å². The molecule has 0 aliphatic carbocycles. The normalized spacial score (nSPS) is 11.2. The van der Waals surface area contributed by atoms with Crippen LogP contribution in [-0.2, 0) is 13.0 Å². The van der Waals surface area contributed by atoms with Gasteiger partial charge in [-0.2, -0.15) is 0 Å². The van der Waals surface area contributed by atoms with Gasteiger partial charge >= 0.3 is 0 Å². The van der Waals surface area contributed by atoms with E-state index in [0.29, 0.717) is 0 Å². The highest BCUT2D eigenvalue weighted by molar-refractivity contribution is 7.71. The van der Waals surface area contributed by atoms with Crippen LogP contribution in [0.5, 0.6) is 0 Å². The number of pyridine rings is 1. The van der Waals surface area contributed by atoms with Crippen LogP contribution in [-0.4, -0.2) is 19.5 Å². The zero-order valence-electron chi connectivity index (χ0n) is 9.88. The minimum Gasteiger partial charge on any atom is -0.329 e. The third-order valence-corrected chi connectivity index (χ3v) is 3.95. The zero-order valence-corrected chi connectivity index (χ0v) is 11.5. The van der Waals surface area contributed by atoms with Crippen molar-refractivity contribution in [3.63, 3.8) is 0 Å². The van der Waals surface area contributed by atoms with Gasteiger partial charge in [-0.05, 0) is 31.3 Å². The van der Waals surface area contributed by atoms with Crippen molar-refractivity contribution >= 4 is 34.7 Å². The number of nitrogens with one attached hydrogen (secondary N) is 1. The summed E-state index contributed by atoms with van der Waals surface area (Å²) in [6, 6.07) is 4.01. The largest absolute Gasteiger partial charge is 0.329 e. The number of fused-ring (bicyclic) bond motifs is 1. The van der Waals surface area contributed by atoms with E-state index in [1.165, 1.54) is 0 Å². The lowest BCUT2D eigenvalue weighted by atomic mass is 10.3. The van der Waals surface area contributed by atoms with E-state index < -0.39 is 0 Å². The Morgan fingerprint density at radius 3 is 3.11 bits per heavy atom. The van der Waals surface area contributed by atoms with Gasteiger partial charge in [-0.3, -0.25) is 0 Å². The molecule has 3 aromatic heterocycles. The van der Waals surface area contributed by atoms with Gasteiger partial charge in [0, 0.05) is 30.2 Å². The molecule has 0 aromatic carbocycles. The van der Waals surface area contributed by atoms with Gasteiger partial charge in [-0.1, -0.05) is 0 Å². The number of aromatic amines is 1. The van der Waals surface area contributed by atoms with E-state index in [-0.39, 0.29) is 0 Å². The molecular formula is C12H12N4S2. The fourth-order valence-electron chi connectivity index (χ4n) is 1.92. The standard InChI is InChI=1S/C12H12N4S2/c1-8-2-3-9-11(14-8)16(12(17)15-9)6-4-10-13-5-7-18-10/h2-3,5,7H,4,6H2,1H3,(H,15,17). The van der Waals surface area contributed by atoms with E-state index >= 15 is 0 Å². The molecule has 0 radical (unpaired) electrons. The number of H-pyrrole nitrogens is 1. The molecule has 1 N–H and O–H groups in total. The molecule has 0 unspecified atom stereocenters. The predicted octanol–water partition coefficient (Wildman–Crippen LogP) is 3.10. The first-order valence-electron chi connectivity index (χ1n) is 5.68. The molecule has 0 amide bonds. The van der Waals surface area contributed by atoms with Crippen molar-refractivity contribution in [2.45, 2.75) is 19.9 Å². The quantitative estimate of drug-likeness (QED) is 0.748. The SMILES string of the molecule is Cc1ccc2[nH]c(=S)n(CCc3nccs3)c2n1. The summed E-state index contributed by atoms with van der Waals surface area (Å²) < 4.78 is 2.76. The van der Waals surface area contributed by atoms with Crippen LogP contribution in [0.25, 0.3) is 11.2 Å². The fourth-order valence-corrected chi connectivity index (χ4v) is 2.81. The molecule has 0 atom stereocenters. The Bertz CT molecular complexity index is 724. The lowest BCUT2D eigenvalue weighted by Crippen LogP contribution is -2.02. The topological polar surface area (TPSA) is 46.5 Å². The first-order chi connectivity index (χ1) is 8.74. The van der Waals surface area contributed by atoms with E-state index in [2.05, 4.69) is 15.0 Å². The summed E-state index contributed by atoms with van der Waals surface area (Å²) in [6.45, 7) is 2.80. The summed E-state index contributed by atoms with van der Waals surface area (Å²) in [5.41, 5.74) is 2.92. The van der Waals surface area contributed by atoms with Gasteiger partial charge in [0.15, 0.2) is 10.4 Å². The van der Waals surface area contributed by atoms with Crippen LogP contribution in [0.3, 0.4) is 0 Å². The summed E-state index contributed by atoms with van der Waals surface area (Å²) in [7, 11) is 0. The number of hydrogen-bond donors (Lipinski definition) is 1. The third kappa shape index (κ3) is 2.09. The monoisotopic (exact) mass is 276 g/mol. The van der Waals surface area contributed by atoms with Gasteiger partial charge in [-0.15, -0.1) is 11.3 Å². The molecule has 0 fully saturated rings. The molecule has 0 bridgehead atoms. The lowest BCUT2D eigenvalue weighted by molar-refractivity contribution is 0.697. The molecule has 18 heavy (non-hydrogen) atoms. The Balaban J connectivity index is 1.98. The van der Waals surface area contributed by atoms with Crippen LogP contribution in [0.15, 0.2) is 23.7 Å². The molecular weight excluding hydrogens is 264 g/mol. The van der Waals surface area contributed by atoms with Crippen LogP contribution in [0.1, 0.15) is 10.7 Å². The van der Waals surface area contributed by atoms with Gasteiger partial charge in [-0.25, -0.2) is 9.97 Å². The van der Waals surface area contributed by atoms with Gasteiger partial charge in [0.05, 0.1) is 10.5 Å². The van der Waals surface area contributed by atoms with Crippen LogP contribution in [0.4, 0.5) is 0 Å². The summed E-state index contributed by atoms with van der Waals surface area (Å²) in [5.74, 6) is 0. The second-order valence-electron chi connectivity index (χ2n) is 4.08. The smallest absolute Gasteiger partial charge is 0.179 e. The van der Waals surface area contributed by atoms with Crippen LogP contribution >= 0.6 is 23.6 Å². The van der Waals surface area contributed by atoms with Gasteiger partial charge < -0.3 is 9.55 Å². The van der Waals surface area contributed by atoms with E-state index in [9.17, 15) is 0 Å². The molecule has 4 nitrogen and oxygen atoms in total. The Kier molecular flexibility index (Phi) is 2.97. The van der Waals surface area contributed by atoms with Crippen LogP contribution in [0.2, 0.25) is 0 Å². The predicted molar refractivity (Wildman–Crippen MR) is 75.5 cm³/mol. The molecule has 92 valence electrons. The minimum atomic E-state index is 0.722. The van der Waals surface area contributed by atoms with E-state index in [1.807, 2.05) is 35.2 Å². The molecule has 3 heterocycles. The number of hydrogen-bond acceptors (Lipinski definition) is 4. The summed E-state index contributed by atoms with van der Waals surface area (Å²) in [5, 5.41) is 3.12. The summed E-state index contributed by atoms with van der Waals surface area (Å²) in [4.78, 5) is 12.0. The molecule has 3 rings (SSSR count). The maximum absolute atomic E-state index is 5.34. The molecule has 0 saturated heterocycles. The number of thiazole rings is 1. The molecule has 0 spiro atoms. The van der Waals surface area contributed by atoms with Crippen molar-refractivity contribution in [1.82, 2.24) is 19.5 Å². The summed E-state index contributed by atoms with van der Waals surface area (Å²) in [6.07, 6.45) is 2.71. The van der Waals surface area contributed by atoms with Crippen molar-refractivity contribution in [3.05, 3.63) is 39.2 Å². The molecule has 3 aromatic rings. The Hall–Kier alpha value is -1.53. The van der Waals surface area contributed by atoms with Gasteiger partial charge in [0.2, 0.25) is 0 Å². The van der Waals surface area contributed by atoms with Crippen LogP contribution < -0.4 is 0 Å². The highest BCUT2D eigenvalue weighted by Gasteiger charge is 2.06. The van der Waals surface area contributed by atoms with E-state index in [0.717, 1.165) is 39.6 Å². The average molecular weight is 276 g/mol.